The van der Waals surface area contributed by atoms with E-state index in [0.29, 0.717) is 22.9 Å². The van der Waals surface area contributed by atoms with Gasteiger partial charge in [0.15, 0.2) is 6.61 Å². The second kappa shape index (κ2) is 8.56. The van der Waals surface area contributed by atoms with Crippen molar-refractivity contribution in [1.29, 1.82) is 0 Å². The van der Waals surface area contributed by atoms with Gasteiger partial charge in [0.05, 0.1) is 0 Å². The first-order valence-corrected chi connectivity index (χ1v) is 9.05. The number of rotatable bonds is 8. The first-order valence-electron chi connectivity index (χ1n) is 9.05. The van der Waals surface area contributed by atoms with E-state index in [2.05, 4.69) is 10.6 Å². The summed E-state index contributed by atoms with van der Waals surface area (Å²) >= 11 is 0. The number of hydrogen-bond donors (Lipinski definition) is 3. The lowest BCUT2D eigenvalue weighted by atomic mass is 10.1. The standard InChI is InChI=1S/C21H22N2O5/c1-13-9-18(13)21(27)23-16-7-5-15(6-8-16)20(26)22-11-14-3-2-4-17(10-14)28-12-19(24)25/h2-8,10,13,18H,9,11-12H2,1H3,(H,22,26)(H,23,27)(H,24,25). The minimum Gasteiger partial charge on any atom is -0.482 e. The van der Waals surface area contributed by atoms with Crippen molar-refractivity contribution in [3.63, 3.8) is 0 Å². The molecule has 1 aliphatic rings. The predicted octanol–water partition coefficient (Wildman–Crippen LogP) is 2.67. The van der Waals surface area contributed by atoms with E-state index < -0.39 is 12.6 Å². The van der Waals surface area contributed by atoms with Crippen molar-refractivity contribution in [2.75, 3.05) is 11.9 Å². The minimum atomic E-state index is -1.05. The van der Waals surface area contributed by atoms with Crippen molar-refractivity contribution in [2.45, 2.75) is 19.9 Å². The van der Waals surface area contributed by atoms with Crippen molar-refractivity contribution < 1.29 is 24.2 Å². The van der Waals surface area contributed by atoms with Crippen LogP contribution in [0.1, 0.15) is 29.3 Å². The Balaban J connectivity index is 1.51. The first-order chi connectivity index (χ1) is 13.4. The Morgan fingerprint density at radius 3 is 2.50 bits per heavy atom. The van der Waals surface area contributed by atoms with E-state index in [1.54, 1.807) is 42.5 Å². The molecule has 0 saturated heterocycles. The van der Waals surface area contributed by atoms with Crippen LogP contribution in [0.15, 0.2) is 48.5 Å². The molecule has 1 aliphatic carbocycles. The molecule has 0 aromatic heterocycles. The van der Waals surface area contributed by atoms with Crippen LogP contribution >= 0.6 is 0 Å². The van der Waals surface area contributed by atoms with Crippen LogP contribution in [0.3, 0.4) is 0 Å². The quantitative estimate of drug-likeness (QED) is 0.651. The van der Waals surface area contributed by atoms with Gasteiger partial charge in [-0.05, 0) is 54.3 Å². The predicted molar refractivity (Wildman–Crippen MR) is 103 cm³/mol. The summed E-state index contributed by atoms with van der Waals surface area (Å²) in [6.45, 7) is 1.91. The molecule has 2 atom stereocenters. The molecule has 0 aliphatic heterocycles. The molecule has 0 heterocycles. The van der Waals surface area contributed by atoms with Gasteiger partial charge in [0.25, 0.3) is 5.91 Å². The molecule has 2 aromatic rings. The van der Waals surface area contributed by atoms with Crippen molar-refractivity contribution in [2.24, 2.45) is 11.8 Å². The molecule has 2 unspecified atom stereocenters. The van der Waals surface area contributed by atoms with Gasteiger partial charge >= 0.3 is 5.97 Å². The van der Waals surface area contributed by atoms with E-state index in [1.165, 1.54) is 0 Å². The number of carboxylic acids is 1. The Kier molecular flexibility index (Phi) is 5.93. The molecular weight excluding hydrogens is 360 g/mol. The summed E-state index contributed by atoms with van der Waals surface area (Å²) in [5.41, 5.74) is 1.94. The van der Waals surface area contributed by atoms with Gasteiger partial charge in [0.2, 0.25) is 5.91 Å². The lowest BCUT2D eigenvalue weighted by Gasteiger charge is -2.09. The molecule has 7 nitrogen and oxygen atoms in total. The summed E-state index contributed by atoms with van der Waals surface area (Å²) in [7, 11) is 0. The van der Waals surface area contributed by atoms with E-state index in [0.717, 1.165) is 12.0 Å². The van der Waals surface area contributed by atoms with Gasteiger partial charge in [-0.15, -0.1) is 0 Å². The number of carbonyl (C=O) groups excluding carboxylic acids is 2. The Bertz CT molecular complexity index is 879. The third kappa shape index (κ3) is 5.33. The van der Waals surface area contributed by atoms with E-state index in [4.69, 9.17) is 9.84 Å². The van der Waals surface area contributed by atoms with Gasteiger partial charge in [0.1, 0.15) is 5.75 Å². The first kappa shape index (κ1) is 19.4. The fraction of sp³-hybridized carbons (Fsp3) is 0.286. The van der Waals surface area contributed by atoms with Crippen molar-refractivity contribution in [3.05, 3.63) is 59.7 Å². The average Bonchev–Trinajstić information content (AvgIpc) is 3.42. The highest BCUT2D eigenvalue weighted by atomic mass is 16.5. The maximum Gasteiger partial charge on any atom is 0.341 e. The molecular formula is C21H22N2O5. The molecule has 3 N–H and O–H groups in total. The lowest BCUT2D eigenvalue weighted by Crippen LogP contribution is -2.23. The fourth-order valence-corrected chi connectivity index (χ4v) is 2.80. The van der Waals surface area contributed by atoms with Crippen LogP contribution in [0.25, 0.3) is 0 Å². The van der Waals surface area contributed by atoms with Crippen LogP contribution < -0.4 is 15.4 Å². The number of carbonyl (C=O) groups is 3. The smallest absolute Gasteiger partial charge is 0.341 e. The van der Waals surface area contributed by atoms with Crippen molar-refractivity contribution in [1.82, 2.24) is 5.32 Å². The summed E-state index contributed by atoms with van der Waals surface area (Å²) < 4.78 is 5.13. The minimum absolute atomic E-state index is 0.0229. The highest BCUT2D eigenvalue weighted by Crippen LogP contribution is 2.38. The zero-order chi connectivity index (χ0) is 20.1. The average molecular weight is 382 g/mol. The molecule has 7 heteroatoms. The third-order valence-corrected chi connectivity index (χ3v) is 4.57. The summed E-state index contributed by atoms with van der Waals surface area (Å²) in [4.78, 5) is 34.8. The van der Waals surface area contributed by atoms with Crippen LogP contribution in [-0.2, 0) is 16.1 Å². The van der Waals surface area contributed by atoms with Gasteiger partial charge in [-0.2, -0.15) is 0 Å². The number of carboxylic acid groups (broad SMARTS) is 1. The number of benzene rings is 2. The zero-order valence-corrected chi connectivity index (χ0v) is 15.5. The molecule has 2 amide bonds. The fourth-order valence-electron chi connectivity index (χ4n) is 2.80. The molecule has 2 aromatic carbocycles. The normalized spacial score (nSPS) is 17.5. The Morgan fingerprint density at radius 2 is 1.86 bits per heavy atom. The molecule has 1 saturated carbocycles. The van der Waals surface area contributed by atoms with Crippen molar-refractivity contribution in [3.8, 4) is 5.75 Å². The number of ether oxygens (including phenoxy) is 1. The molecule has 28 heavy (non-hydrogen) atoms. The van der Waals surface area contributed by atoms with Gasteiger partial charge in [-0.25, -0.2) is 4.79 Å². The summed E-state index contributed by atoms with van der Waals surface area (Å²) in [5.74, 6) is -0.305. The molecule has 0 radical (unpaired) electrons. The Morgan fingerprint density at radius 1 is 1.14 bits per heavy atom. The van der Waals surface area contributed by atoms with Crippen LogP contribution in [0.4, 0.5) is 5.69 Å². The van der Waals surface area contributed by atoms with Crippen LogP contribution in [0.2, 0.25) is 0 Å². The Labute approximate surface area is 162 Å². The molecule has 0 spiro atoms. The van der Waals surface area contributed by atoms with Gasteiger partial charge in [0, 0.05) is 23.7 Å². The number of amides is 2. The van der Waals surface area contributed by atoms with Gasteiger partial charge < -0.3 is 20.5 Å². The maximum atomic E-state index is 12.3. The van der Waals surface area contributed by atoms with E-state index in [1.807, 2.05) is 13.0 Å². The highest BCUT2D eigenvalue weighted by molar-refractivity contribution is 5.96. The van der Waals surface area contributed by atoms with Gasteiger partial charge in [-0.1, -0.05) is 19.1 Å². The van der Waals surface area contributed by atoms with Crippen LogP contribution in [0, 0.1) is 11.8 Å². The zero-order valence-electron chi connectivity index (χ0n) is 15.5. The second-order valence-electron chi connectivity index (χ2n) is 6.90. The van der Waals surface area contributed by atoms with Crippen molar-refractivity contribution >= 4 is 23.5 Å². The van der Waals surface area contributed by atoms with Gasteiger partial charge in [-0.3, -0.25) is 9.59 Å². The van der Waals surface area contributed by atoms with E-state index in [-0.39, 0.29) is 24.3 Å². The molecule has 0 bridgehead atoms. The van der Waals surface area contributed by atoms with E-state index >= 15 is 0 Å². The van der Waals surface area contributed by atoms with Crippen LogP contribution in [-0.4, -0.2) is 29.5 Å². The molecule has 3 rings (SSSR count). The lowest BCUT2D eigenvalue weighted by molar-refractivity contribution is -0.139. The topological polar surface area (TPSA) is 105 Å². The maximum absolute atomic E-state index is 12.3. The molecule has 1 fully saturated rings. The third-order valence-electron chi connectivity index (χ3n) is 4.57. The number of aliphatic carboxylic acids is 1. The number of hydrogen-bond acceptors (Lipinski definition) is 4. The SMILES string of the molecule is CC1CC1C(=O)Nc1ccc(C(=O)NCc2cccc(OCC(=O)O)c2)cc1. The molecule has 146 valence electrons. The number of anilines is 1. The largest absolute Gasteiger partial charge is 0.482 e. The second-order valence-corrected chi connectivity index (χ2v) is 6.90. The van der Waals surface area contributed by atoms with E-state index in [9.17, 15) is 14.4 Å². The summed E-state index contributed by atoms with van der Waals surface area (Å²) in [5, 5.41) is 14.3. The summed E-state index contributed by atoms with van der Waals surface area (Å²) in [6.07, 6.45) is 0.925. The summed E-state index contributed by atoms with van der Waals surface area (Å²) in [6, 6.07) is 13.6. The Hall–Kier alpha value is -3.35. The van der Waals surface area contributed by atoms with Crippen LogP contribution in [0.5, 0.6) is 5.75 Å². The number of nitrogens with one attached hydrogen (secondary N) is 2. The monoisotopic (exact) mass is 382 g/mol. The highest BCUT2D eigenvalue weighted by Gasteiger charge is 2.39.